The number of aromatic nitrogens is 1. The first-order chi connectivity index (χ1) is 15.8. The molecule has 0 atom stereocenters. The number of anilines is 1. The van der Waals surface area contributed by atoms with Gasteiger partial charge in [-0.2, -0.15) is 8.42 Å². The van der Waals surface area contributed by atoms with E-state index in [1.807, 2.05) is 30.3 Å². The van der Waals surface area contributed by atoms with Gasteiger partial charge in [-0.15, -0.1) is 4.40 Å². The van der Waals surface area contributed by atoms with Gasteiger partial charge in [0.15, 0.2) is 5.84 Å². The van der Waals surface area contributed by atoms with Crippen LogP contribution in [0, 0.1) is 12.8 Å². The number of nitrogens with zero attached hydrogens (tertiary/aromatic N) is 2. The molecule has 0 radical (unpaired) electrons. The summed E-state index contributed by atoms with van der Waals surface area (Å²) in [5.41, 5.74) is 1.53. The Morgan fingerprint density at radius 2 is 1.64 bits per heavy atom. The number of hydrogen-bond acceptors (Lipinski definition) is 5. The molecule has 0 aliphatic carbocycles. The van der Waals surface area contributed by atoms with E-state index in [2.05, 4.69) is 23.6 Å². The van der Waals surface area contributed by atoms with E-state index in [4.69, 9.17) is 0 Å². The zero-order valence-electron chi connectivity index (χ0n) is 18.9. The zero-order valence-corrected chi connectivity index (χ0v) is 19.7. The molecule has 8 heteroatoms. The summed E-state index contributed by atoms with van der Waals surface area (Å²) in [4.78, 5) is 13.7. The quantitative estimate of drug-likeness (QED) is 0.557. The highest BCUT2D eigenvalue weighted by molar-refractivity contribution is 7.90. The van der Waals surface area contributed by atoms with Crippen molar-refractivity contribution < 1.29 is 13.5 Å². The van der Waals surface area contributed by atoms with Gasteiger partial charge in [-0.3, -0.25) is 4.79 Å². The first-order valence-corrected chi connectivity index (χ1v) is 12.5. The normalized spacial score (nSPS) is 14.5. The van der Waals surface area contributed by atoms with Crippen molar-refractivity contribution in [1.29, 1.82) is 0 Å². The van der Waals surface area contributed by atoms with Gasteiger partial charge in [0.05, 0.1) is 5.69 Å². The molecule has 3 aromatic rings. The van der Waals surface area contributed by atoms with Crippen LogP contribution in [0.25, 0.3) is 11.1 Å². The molecule has 0 amide bonds. The minimum Gasteiger partial charge on any atom is -0.506 e. The van der Waals surface area contributed by atoms with Crippen molar-refractivity contribution in [3.63, 3.8) is 0 Å². The molecule has 4 rings (SSSR count). The lowest BCUT2D eigenvalue weighted by atomic mass is 9.98. The lowest BCUT2D eigenvalue weighted by molar-refractivity contribution is 0.403. The lowest BCUT2D eigenvalue weighted by Gasteiger charge is -2.24. The molecule has 7 nitrogen and oxygen atoms in total. The van der Waals surface area contributed by atoms with Crippen LogP contribution in [-0.4, -0.2) is 23.9 Å². The molecule has 1 aliphatic rings. The third kappa shape index (κ3) is 4.06. The molecule has 0 fully saturated rings. The van der Waals surface area contributed by atoms with E-state index in [0.29, 0.717) is 23.5 Å². The Morgan fingerprint density at radius 1 is 1.00 bits per heavy atom. The second-order valence-corrected chi connectivity index (χ2v) is 9.76. The maximum absolute atomic E-state index is 13.7. The second-order valence-electron chi connectivity index (χ2n) is 8.18. The van der Waals surface area contributed by atoms with Gasteiger partial charge in [0.1, 0.15) is 16.2 Å². The Morgan fingerprint density at radius 3 is 2.30 bits per heavy atom. The number of hydrogen-bond donors (Lipinski definition) is 2. The topological polar surface area (TPSA) is 101 Å². The molecule has 0 saturated heterocycles. The summed E-state index contributed by atoms with van der Waals surface area (Å²) in [6, 6.07) is 15.6. The minimum atomic E-state index is -4.04. The van der Waals surface area contributed by atoms with Gasteiger partial charge >= 0.3 is 0 Å². The fourth-order valence-electron chi connectivity index (χ4n) is 4.23. The summed E-state index contributed by atoms with van der Waals surface area (Å²) in [5, 5.41) is 14.3. The smallest absolute Gasteiger partial charge is 0.286 e. The Hall–Kier alpha value is -3.39. The van der Waals surface area contributed by atoms with E-state index in [1.165, 1.54) is 6.07 Å². The molecule has 33 heavy (non-hydrogen) atoms. The van der Waals surface area contributed by atoms with Crippen molar-refractivity contribution >= 4 is 21.5 Å². The summed E-state index contributed by atoms with van der Waals surface area (Å²) in [6.45, 7) is 6.41. The van der Waals surface area contributed by atoms with Crippen LogP contribution in [0.1, 0.15) is 37.9 Å². The average Bonchev–Trinajstić information content (AvgIpc) is 2.80. The number of fused-ring (bicyclic) bond motifs is 1. The van der Waals surface area contributed by atoms with Crippen molar-refractivity contribution in [2.75, 3.05) is 5.32 Å². The number of para-hydroxylation sites is 1. The van der Waals surface area contributed by atoms with Crippen molar-refractivity contribution in [1.82, 2.24) is 4.57 Å². The van der Waals surface area contributed by atoms with Crippen molar-refractivity contribution in [2.24, 2.45) is 10.3 Å². The number of rotatable bonds is 6. The molecule has 2 heterocycles. The maximum Gasteiger partial charge on any atom is 0.286 e. The molecule has 1 aliphatic heterocycles. The lowest BCUT2D eigenvalue weighted by Crippen LogP contribution is -2.35. The van der Waals surface area contributed by atoms with E-state index in [9.17, 15) is 18.3 Å². The van der Waals surface area contributed by atoms with Gasteiger partial charge in [0.25, 0.3) is 15.6 Å². The Balaban J connectivity index is 2.01. The van der Waals surface area contributed by atoms with Crippen molar-refractivity contribution in [3.8, 4) is 16.9 Å². The summed E-state index contributed by atoms with van der Waals surface area (Å²) in [5.74, 6) is -0.204. The number of benzene rings is 2. The maximum atomic E-state index is 13.7. The standard InChI is InChI=1S/C25H27N3O4S/c1-4-17(5-2)15-28-16(3)21(18-11-7-6-8-12-18)23(29)22(25(28)30)24-26-19-13-9-10-14-20(19)33(31,32)27-24/h6-14,17,29H,4-5,15H2,1-3H3,(H,26,27). The van der Waals surface area contributed by atoms with E-state index < -0.39 is 15.6 Å². The van der Waals surface area contributed by atoms with Gasteiger partial charge in [0.2, 0.25) is 0 Å². The highest BCUT2D eigenvalue weighted by Gasteiger charge is 2.31. The predicted octanol–water partition coefficient (Wildman–Crippen LogP) is 4.53. The first kappa shape index (κ1) is 22.8. The van der Waals surface area contributed by atoms with Crippen LogP contribution >= 0.6 is 0 Å². The first-order valence-electron chi connectivity index (χ1n) is 11.0. The molecular weight excluding hydrogens is 438 g/mol. The molecule has 1 aromatic heterocycles. The summed E-state index contributed by atoms with van der Waals surface area (Å²) in [6.07, 6.45) is 1.78. The van der Waals surface area contributed by atoms with Crippen LogP contribution in [0.2, 0.25) is 0 Å². The molecular formula is C25H27N3O4S. The van der Waals surface area contributed by atoms with Gasteiger partial charge < -0.3 is 15.0 Å². The van der Waals surface area contributed by atoms with Crippen LogP contribution in [0.15, 0.2) is 68.7 Å². The Bertz CT molecular complexity index is 1390. The van der Waals surface area contributed by atoms with Crippen LogP contribution < -0.4 is 10.9 Å². The number of nitrogens with one attached hydrogen (secondary N) is 1. The number of amidine groups is 1. The van der Waals surface area contributed by atoms with Crippen LogP contribution in [0.4, 0.5) is 5.69 Å². The highest BCUT2D eigenvalue weighted by Crippen LogP contribution is 2.36. The Kier molecular flexibility index (Phi) is 6.12. The number of pyridine rings is 1. The monoisotopic (exact) mass is 465 g/mol. The number of aromatic hydroxyl groups is 1. The Labute approximate surface area is 193 Å². The van der Waals surface area contributed by atoms with Crippen LogP contribution in [0.3, 0.4) is 0 Å². The van der Waals surface area contributed by atoms with Crippen molar-refractivity contribution in [3.05, 3.63) is 76.2 Å². The van der Waals surface area contributed by atoms with E-state index in [-0.39, 0.29) is 28.0 Å². The molecule has 0 bridgehead atoms. The van der Waals surface area contributed by atoms with Crippen LogP contribution in [-0.2, 0) is 16.6 Å². The summed E-state index contributed by atoms with van der Waals surface area (Å²) >= 11 is 0. The predicted molar refractivity (Wildman–Crippen MR) is 130 cm³/mol. The number of sulfonamides is 1. The van der Waals surface area contributed by atoms with Gasteiger partial charge in [-0.05, 0) is 30.5 Å². The third-order valence-electron chi connectivity index (χ3n) is 6.22. The molecule has 0 spiro atoms. The molecule has 0 saturated carbocycles. The van der Waals surface area contributed by atoms with Gasteiger partial charge in [-0.25, -0.2) is 0 Å². The van der Waals surface area contributed by atoms with Crippen LogP contribution in [0.5, 0.6) is 5.75 Å². The third-order valence-corrected chi connectivity index (χ3v) is 7.56. The van der Waals surface area contributed by atoms with Gasteiger partial charge in [-0.1, -0.05) is 69.2 Å². The van der Waals surface area contributed by atoms with E-state index >= 15 is 0 Å². The largest absolute Gasteiger partial charge is 0.506 e. The SMILES string of the molecule is CCC(CC)Cn1c(C)c(-c2ccccc2)c(O)c(C2=NS(=O)(=O)c3ccccc3N2)c1=O. The zero-order chi connectivity index (χ0) is 23.8. The molecule has 172 valence electrons. The summed E-state index contributed by atoms with van der Waals surface area (Å²) < 4.78 is 31.2. The fraction of sp³-hybridized carbons (Fsp3) is 0.280. The molecule has 2 N–H and O–H groups in total. The second kappa shape index (κ2) is 8.86. The molecule has 2 aromatic carbocycles. The van der Waals surface area contributed by atoms with Gasteiger partial charge in [0, 0.05) is 17.8 Å². The highest BCUT2D eigenvalue weighted by atomic mass is 32.2. The van der Waals surface area contributed by atoms with E-state index in [1.54, 1.807) is 29.7 Å². The minimum absolute atomic E-state index is 0.0287. The van der Waals surface area contributed by atoms with Crippen molar-refractivity contribution in [2.45, 2.75) is 45.1 Å². The summed E-state index contributed by atoms with van der Waals surface area (Å²) in [7, 11) is -4.04. The van der Waals surface area contributed by atoms with E-state index in [0.717, 1.165) is 18.4 Å². The molecule has 0 unspecified atom stereocenters. The fourth-order valence-corrected chi connectivity index (χ4v) is 5.35. The average molecular weight is 466 g/mol.